The van der Waals surface area contributed by atoms with Gasteiger partial charge in [0.05, 0.1) is 12.5 Å². The summed E-state index contributed by atoms with van der Waals surface area (Å²) in [5.74, 6) is 0.791. The first-order chi connectivity index (χ1) is 15.1. The van der Waals surface area contributed by atoms with Crippen LogP contribution in [0.25, 0.3) is 0 Å². The summed E-state index contributed by atoms with van der Waals surface area (Å²) in [7, 11) is 0. The minimum atomic E-state index is -0.0453. The zero-order valence-electron chi connectivity index (χ0n) is 18.3. The third kappa shape index (κ3) is 7.96. The fourth-order valence-electron chi connectivity index (χ4n) is 3.81. The standard InChI is InChI=1S/C25H33N3O2S/c1-2-3-7-17-30-23-14-12-22(13-15-23)26-25(31)27-24(29)21-11-8-16-28(19-21)18-20-9-5-4-6-10-20/h4-6,9-10,12-15,21H,2-3,7-8,11,16-19H2,1H3,(H2,26,27,29,31). The van der Waals surface area contributed by atoms with Gasteiger partial charge in [-0.1, -0.05) is 50.1 Å². The molecule has 1 fully saturated rings. The molecule has 1 amide bonds. The van der Waals surface area contributed by atoms with E-state index in [1.807, 2.05) is 30.3 Å². The van der Waals surface area contributed by atoms with E-state index < -0.39 is 0 Å². The third-order valence-electron chi connectivity index (χ3n) is 5.49. The Hall–Kier alpha value is -2.44. The van der Waals surface area contributed by atoms with Crippen LogP contribution in [-0.4, -0.2) is 35.6 Å². The topological polar surface area (TPSA) is 53.6 Å². The van der Waals surface area contributed by atoms with Crippen LogP contribution < -0.4 is 15.4 Å². The van der Waals surface area contributed by atoms with Crippen molar-refractivity contribution in [1.29, 1.82) is 0 Å². The Balaban J connectivity index is 1.42. The number of nitrogens with one attached hydrogen (secondary N) is 2. The number of hydrogen-bond donors (Lipinski definition) is 2. The Kier molecular flexibility index (Phi) is 9.31. The van der Waals surface area contributed by atoms with Crippen molar-refractivity contribution in [3.63, 3.8) is 0 Å². The number of rotatable bonds is 9. The Labute approximate surface area is 191 Å². The van der Waals surface area contributed by atoms with Crippen molar-refractivity contribution in [1.82, 2.24) is 10.2 Å². The van der Waals surface area contributed by atoms with Gasteiger partial charge < -0.3 is 15.4 Å². The van der Waals surface area contributed by atoms with Gasteiger partial charge in [0, 0.05) is 18.8 Å². The van der Waals surface area contributed by atoms with Crippen LogP contribution in [0.2, 0.25) is 0 Å². The molecule has 2 aromatic rings. The number of unbranched alkanes of at least 4 members (excludes halogenated alkanes) is 2. The van der Waals surface area contributed by atoms with Gasteiger partial charge in [-0.2, -0.15) is 0 Å². The minimum Gasteiger partial charge on any atom is -0.494 e. The summed E-state index contributed by atoms with van der Waals surface area (Å²) in [6.07, 6.45) is 5.34. The molecule has 0 radical (unpaired) electrons. The summed E-state index contributed by atoms with van der Waals surface area (Å²) in [6.45, 7) is 5.57. The van der Waals surface area contributed by atoms with Crippen molar-refractivity contribution >= 4 is 28.9 Å². The number of likely N-dealkylation sites (tertiary alicyclic amines) is 1. The molecule has 1 atom stereocenters. The zero-order chi connectivity index (χ0) is 21.9. The minimum absolute atomic E-state index is 0.00820. The molecule has 31 heavy (non-hydrogen) atoms. The number of hydrogen-bond acceptors (Lipinski definition) is 4. The first-order valence-electron chi connectivity index (χ1n) is 11.2. The van der Waals surface area contributed by atoms with E-state index in [0.717, 1.165) is 56.9 Å². The lowest BCUT2D eigenvalue weighted by Gasteiger charge is -2.32. The van der Waals surface area contributed by atoms with Gasteiger partial charge >= 0.3 is 0 Å². The maximum Gasteiger partial charge on any atom is 0.230 e. The van der Waals surface area contributed by atoms with Crippen LogP contribution in [0, 0.1) is 5.92 Å². The molecule has 166 valence electrons. The molecule has 0 spiro atoms. The summed E-state index contributed by atoms with van der Waals surface area (Å²) >= 11 is 5.36. The van der Waals surface area contributed by atoms with Crippen molar-refractivity contribution in [2.75, 3.05) is 25.0 Å². The highest BCUT2D eigenvalue weighted by Gasteiger charge is 2.26. The highest BCUT2D eigenvalue weighted by atomic mass is 32.1. The lowest BCUT2D eigenvalue weighted by molar-refractivity contribution is -0.125. The van der Waals surface area contributed by atoms with E-state index in [1.165, 1.54) is 18.4 Å². The fraction of sp³-hybridized carbons (Fsp3) is 0.440. The average molecular weight is 440 g/mol. The van der Waals surface area contributed by atoms with Crippen LogP contribution in [0.4, 0.5) is 5.69 Å². The molecule has 1 saturated heterocycles. The Bertz CT molecular complexity index is 826. The summed E-state index contributed by atoms with van der Waals surface area (Å²) in [6, 6.07) is 18.1. The van der Waals surface area contributed by atoms with Crippen LogP contribution in [0.15, 0.2) is 54.6 Å². The van der Waals surface area contributed by atoms with Crippen LogP contribution in [-0.2, 0) is 11.3 Å². The first-order valence-corrected chi connectivity index (χ1v) is 11.7. The number of carbonyl (C=O) groups excluding carboxylic acids is 1. The monoisotopic (exact) mass is 439 g/mol. The number of benzene rings is 2. The summed E-state index contributed by atoms with van der Waals surface area (Å²) in [5.41, 5.74) is 2.11. The quantitative estimate of drug-likeness (QED) is 0.426. The van der Waals surface area contributed by atoms with Crippen molar-refractivity contribution < 1.29 is 9.53 Å². The van der Waals surface area contributed by atoms with E-state index in [2.05, 4.69) is 46.7 Å². The molecule has 2 N–H and O–H groups in total. The molecule has 1 unspecified atom stereocenters. The maximum absolute atomic E-state index is 12.7. The van der Waals surface area contributed by atoms with Crippen molar-refractivity contribution in [2.45, 2.75) is 45.6 Å². The lowest BCUT2D eigenvalue weighted by atomic mass is 9.96. The second-order valence-electron chi connectivity index (χ2n) is 8.08. The zero-order valence-corrected chi connectivity index (χ0v) is 19.1. The second kappa shape index (κ2) is 12.4. The molecule has 3 rings (SSSR count). The van der Waals surface area contributed by atoms with Crippen molar-refractivity contribution in [2.24, 2.45) is 5.92 Å². The molecular weight excluding hydrogens is 406 g/mol. The van der Waals surface area contributed by atoms with Gasteiger partial charge in [0.2, 0.25) is 5.91 Å². The lowest BCUT2D eigenvalue weighted by Crippen LogP contribution is -2.45. The van der Waals surface area contributed by atoms with E-state index in [0.29, 0.717) is 5.11 Å². The van der Waals surface area contributed by atoms with Gasteiger partial charge in [-0.05, 0) is 67.9 Å². The molecule has 2 aromatic carbocycles. The predicted octanol–water partition coefficient (Wildman–Crippen LogP) is 4.98. The predicted molar refractivity (Wildman–Crippen MR) is 130 cm³/mol. The van der Waals surface area contributed by atoms with Crippen LogP contribution in [0.3, 0.4) is 0 Å². The van der Waals surface area contributed by atoms with Gasteiger partial charge in [-0.25, -0.2) is 0 Å². The Morgan fingerprint density at radius 3 is 2.65 bits per heavy atom. The third-order valence-corrected chi connectivity index (χ3v) is 5.69. The number of anilines is 1. The van der Waals surface area contributed by atoms with Crippen LogP contribution in [0.5, 0.6) is 5.75 Å². The molecule has 0 aromatic heterocycles. The number of carbonyl (C=O) groups is 1. The van der Waals surface area contributed by atoms with Gasteiger partial charge in [-0.15, -0.1) is 0 Å². The first kappa shape index (κ1) is 23.2. The van der Waals surface area contributed by atoms with E-state index in [1.54, 1.807) is 0 Å². The van der Waals surface area contributed by atoms with Crippen molar-refractivity contribution in [3.05, 3.63) is 60.2 Å². The van der Waals surface area contributed by atoms with Gasteiger partial charge in [-0.3, -0.25) is 9.69 Å². The number of amides is 1. The normalized spacial score (nSPS) is 16.5. The maximum atomic E-state index is 12.7. The smallest absolute Gasteiger partial charge is 0.230 e. The SMILES string of the molecule is CCCCCOc1ccc(NC(=S)NC(=O)C2CCCN(Cc3ccccc3)C2)cc1. The molecule has 0 saturated carbocycles. The highest BCUT2D eigenvalue weighted by Crippen LogP contribution is 2.19. The molecule has 0 bridgehead atoms. The Morgan fingerprint density at radius 2 is 1.90 bits per heavy atom. The molecule has 0 aliphatic carbocycles. The highest BCUT2D eigenvalue weighted by molar-refractivity contribution is 7.80. The summed E-state index contributed by atoms with van der Waals surface area (Å²) in [5, 5.41) is 6.30. The van der Waals surface area contributed by atoms with Gasteiger partial charge in [0.15, 0.2) is 5.11 Å². The van der Waals surface area contributed by atoms with E-state index in [9.17, 15) is 4.79 Å². The van der Waals surface area contributed by atoms with E-state index >= 15 is 0 Å². The van der Waals surface area contributed by atoms with Crippen molar-refractivity contribution in [3.8, 4) is 5.75 Å². The number of piperidine rings is 1. The molecule has 1 aliphatic heterocycles. The van der Waals surface area contributed by atoms with Crippen LogP contribution >= 0.6 is 12.2 Å². The molecule has 1 heterocycles. The molecule has 5 nitrogen and oxygen atoms in total. The molecule has 6 heteroatoms. The van der Waals surface area contributed by atoms with Crippen LogP contribution in [0.1, 0.15) is 44.6 Å². The van der Waals surface area contributed by atoms with E-state index in [4.69, 9.17) is 17.0 Å². The summed E-state index contributed by atoms with van der Waals surface area (Å²) < 4.78 is 5.73. The summed E-state index contributed by atoms with van der Waals surface area (Å²) in [4.78, 5) is 15.1. The van der Waals surface area contributed by atoms with E-state index in [-0.39, 0.29) is 11.8 Å². The Morgan fingerprint density at radius 1 is 1.13 bits per heavy atom. The fourth-order valence-corrected chi connectivity index (χ4v) is 4.03. The second-order valence-corrected chi connectivity index (χ2v) is 8.49. The van der Waals surface area contributed by atoms with Gasteiger partial charge in [0.25, 0.3) is 0 Å². The molecule has 1 aliphatic rings. The number of thiocarbonyl (C=S) groups is 1. The largest absolute Gasteiger partial charge is 0.494 e. The van der Waals surface area contributed by atoms with Gasteiger partial charge in [0.1, 0.15) is 5.75 Å². The average Bonchev–Trinajstić information content (AvgIpc) is 2.78. The number of ether oxygens (including phenoxy) is 1. The number of nitrogens with zero attached hydrogens (tertiary/aromatic N) is 1. The molecular formula is C25H33N3O2S.